The van der Waals surface area contributed by atoms with Gasteiger partial charge in [-0.1, -0.05) is 12.1 Å². The van der Waals surface area contributed by atoms with Gasteiger partial charge >= 0.3 is 0 Å². The molecule has 9 nitrogen and oxygen atoms in total. The van der Waals surface area contributed by atoms with Gasteiger partial charge in [0.25, 0.3) is 0 Å². The average Bonchev–Trinajstić information content (AvgIpc) is 3.58. The second-order valence-electron chi connectivity index (χ2n) is 10.1. The van der Waals surface area contributed by atoms with Crippen molar-refractivity contribution in [1.29, 1.82) is 0 Å². The minimum atomic E-state index is -0.310. The zero-order valence-corrected chi connectivity index (χ0v) is 21.7. The van der Waals surface area contributed by atoms with E-state index in [0.717, 1.165) is 93.1 Å². The Hall–Kier alpha value is -3.50. The van der Waals surface area contributed by atoms with Crippen molar-refractivity contribution in [3.05, 3.63) is 54.7 Å². The van der Waals surface area contributed by atoms with Crippen molar-refractivity contribution >= 4 is 16.7 Å². The van der Waals surface area contributed by atoms with Crippen LogP contribution in [0.25, 0.3) is 22.2 Å². The molecule has 10 heteroatoms. The Morgan fingerprint density at radius 1 is 1.08 bits per heavy atom. The second-order valence-corrected chi connectivity index (χ2v) is 10.1. The summed E-state index contributed by atoms with van der Waals surface area (Å²) in [5.41, 5.74) is 2.95. The van der Waals surface area contributed by atoms with Crippen molar-refractivity contribution in [1.82, 2.24) is 29.4 Å². The molecule has 38 heavy (non-hydrogen) atoms. The molecular formula is C28H34FN7O2. The summed E-state index contributed by atoms with van der Waals surface area (Å²) in [5.74, 6) is 0.830. The van der Waals surface area contributed by atoms with Gasteiger partial charge in [-0.15, -0.1) is 0 Å². The fourth-order valence-corrected chi connectivity index (χ4v) is 5.46. The summed E-state index contributed by atoms with van der Waals surface area (Å²) in [7, 11) is 1.87. The number of benzene rings is 1. The Kier molecular flexibility index (Phi) is 7.24. The van der Waals surface area contributed by atoms with E-state index in [1.807, 2.05) is 24.1 Å². The Bertz CT molecular complexity index is 1370. The minimum absolute atomic E-state index is 0.00341. The smallest absolute Gasteiger partial charge is 0.165 e. The van der Waals surface area contributed by atoms with E-state index in [2.05, 4.69) is 37.2 Å². The first kappa shape index (κ1) is 24.8. The van der Waals surface area contributed by atoms with Crippen molar-refractivity contribution in [2.24, 2.45) is 0 Å². The molecule has 3 aromatic heterocycles. The highest BCUT2D eigenvalue weighted by atomic mass is 19.1. The molecule has 6 rings (SSSR count). The molecule has 1 N–H and O–H groups in total. The van der Waals surface area contributed by atoms with Crippen LogP contribution in [0.3, 0.4) is 0 Å². The zero-order valence-electron chi connectivity index (χ0n) is 21.7. The molecule has 1 aromatic carbocycles. The van der Waals surface area contributed by atoms with E-state index in [4.69, 9.17) is 14.6 Å². The number of nitrogens with one attached hydrogen (secondary N) is 1. The van der Waals surface area contributed by atoms with E-state index in [9.17, 15) is 4.39 Å². The topological polar surface area (TPSA) is 82.3 Å². The maximum absolute atomic E-state index is 14.1. The van der Waals surface area contributed by atoms with Crippen molar-refractivity contribution in [3.63, 3.8) is 0 Å². The number of rotatable bonds is 8. The lowest BCUT2D eigenvalue weighted by atomic mass is 9.93. The van der Waals surface area contributed by atoms with Crippen LogP contribution < -0.4 is 10.1 Å². The SMILES string of the molecule is CNc1cc2c(cn1)c(-c1cnn(CCN3CCOCC3)c1)nn2[C@H]1CC[C@@H](Oc2ccccc2F)CC1. The number of morpholine rings is 1. The number of hydrogen-bond acceptors (Lipinski definition) is 7. The molecule has 0 spiro atoms. The standard InChI is InChI=1S/C28H34FN7O2/c1-30-27-16-25-23(18-31-27)28(20-17-32-35(19-20)11-10-34-12-14-37-15-13-34)33-36(25)21-6-8-22(9-7-21)38-26-5-3-2-4-24(26)29/h2-5,16-19,21-22H,6-15H2,1H3,(H,30,31)/t21-,22+. The summed E-state index contributed by atoms with van der Waals surface area (Å²) < 4.78 is 29.7. The van der Waals surface area contributed by atoms with Crippen LogP contribution in [0, 0.1) is 5.82 Å². The van der Waals surface area contributed by atoms with Crippen molar-refractivity contribution in [3.8, 4) is 17.0 Å². The number of hydrogen-bond donors (Lipinski definition) is 1. The Labute approximate surface area is 221 Å². The number of ether oxygens (including phenoxy) is 2. The predicted molar refractivity (Wildman–Crippen MR) is 144 cm³/mol. The van der Waals surface area contributed by atoms with Gasteiger partial charge in [0.15, 0.2) is 11.6 Å². The van der Waals surface area contributed by atoms with Crippen LogP contribution in [-0.2, 0) is 11.3 Å². The van der Waals surface area contributed by atoms with Gasteiger partial charge in [0.2, 0.25) is 0 Å². The third-order valence-corrected chi connectivity index (χ3v) is 7.62. The van der Waals surface area contributed by atoms with Crippen LogP contribution in [0.15, 0.2) is 48.9 Å². The maximum Gasteiger partial charge on any atom is 0.165 e. The average molecular weight is 520 g/mol. The Morgan fingerprint density at radius 2 is 1.89 bits per heavy atom. The van der Waals surface area contributed by atoms with Crippen LogP contribution in [0.5, 0.6) is 5.75 Å². The van der Waals surface area contributed by atoms with E-state index >= 15 is 0 Å². The summed E-state index contributed by atoms with van der Waals surface area (Å²) in [6.45, 7) is 5.31. The second kappa shape index (κ2) is 11.1. The maximum atomic E-state index is 14.1. The van der Waals surface area contributed by atoms with E-state index in [1.165, 1.54) is 6.07 Å². The molecule has 0 radical (unpaired) electrons. The normalized spacial score (nSPS) is 20.6. The first-order chi connectivity index (χ1) is 18.7. The highest BCUT2D eigenvalue weighted by Crippen LogP contribution is 2.36. The Morgan fingerprint density at radius 3 is 2.68 bits per heavy atom. The molecule has 1 aliphatic carbocycles. The molecule has 1 aliphatic heterocycles. The van der Waals surface area contributed by atoms with Gasteiger partial charge in [0.1, 0.15) is 11.5 Å². The van der Waals surface area contributed by atoms with Crippen molar-refractivity contribution < 1.29 is 13.9 Å². The highest BCUT2D eigenvalue weighted by molar-refractivity contribution is 5.93. The number of nitrogens with zero attached hydrogens (tertiary/aromatic N) is 6. The van der Waals surface area contributed by atoms with Crippen LogP contribution in [-0.4, -0.2) is 75.4 Å². The third-order valence-electron chi connectivity index (χ3n) is 7.62. The number of fused-ring (bicyclic) bond motifs is 1. The summed E-state index contributed by atoms with van der Waals surface area (Å²) in [5, 5.41) is 13.9. The summed E-state index contributed by atoms with van der Waals surface area (Å²) in [4.78, 5) is 6.98. The van der Waals surface area contributed by atoms with Crippen LogP contribution in [0.1, 0.15) is 31.7 Å². The quantitative estimate of drug-likeness (QED) is 0.370. The number of anilines is 1. The van der Waals surface area contributed by atoms with Gasteiger partial charge in [0, 0.05) is 56.1 Å². The van der Waals surface area contributed by atoms with Crippen LogP contribution in [0.4, 0.5) is 10.2 Å². The van der Waals surface area contributed by atoms with Gasteiger partial charge in [-0.25, -0.2) is 9.37 Å². The largest absolute Gasteiger partial charge is 0.487 e. The third kappa shape index (κ3) is 5.23. The molecular weight excluding hydrogens is 485 g/mol. The van der Waals surface area contributed by atoms with E-state index in [0.29, 0.717) is 5.75 Å². The summed E-state index contributed by atoms with van der Waals surface area (Å²) in [6.07, 6.45) is 9.39. The fraction of sp³-hybridized carbons (Fsp3) is 0.464. The van der Waals surface area contributed by atoms with Gasteiger partial charge in [0.05, 0.1) is 43.6 Å². The number of para-hydroxylation sites is 1. The minimum Gasteiger partial charge on any atom is -0.487 e. The van der Waals surface area contributed by atoms with Crippen molar-refractivity contribution in [2.75, 3.05) is 45.2 Å². The monoisotopic (exact) mass is 519 g/mol. The molecule has 0 atom stereocenters. The van der Waals surface area contributed by atoms with Gasteiger partial charge in [-0.2, -0.15) is 10.2 Å². The highest BCUT2D eigenvalue weighted by Gasteiger charge is 2.27. The molecule has 2 aliphatic rings. The lowest BCUT2D eigenvalue weighted by Gasteiger charge is -2.29. The number of halogens is 1. The molecule has 4 aromatic rings. The van der Waals surface area contributed by atoms with Crippen LogP contribution in [0.2, 0.25) is 0 Å². The molecule has 1 saturated heterocycles. The zero-order chi connectivity index (χ0) is 25.9. The van der Waals surface area contributed by atoms with Gasteiger partial charge in [-0.05, 0) is 37.8 Å². The van der Waals surface area contributed by atoms with Crippen LogP contribution >= 0.6 is 0 Å². The lowest BCUT2D eigenvalue weighted by Crippen LogP contribution is -2.38. The van der Waals surface area contributed by atoms with Gasteiger partial charge in [-0.3, -0.25) is 14.3 Å². The van der Waals surface area contributed by atoms with Crippen molar-refractivity contribution in [2.45, 2.75) is 44.4 Å². The molecule has 0 unspecified atom stereocenters. The van der Waals surface area contributed by atoms with E-state index < -0.39 is 0 Å². The first-order valence-corrected chi connectivity index (χ1v) is 13.5. The van der Waals surface area contributed by atoms with Gasteiger partial charge < -0.3 is 14.8 Å². The first-order valence-electron chi connectivity index (χ1n) is 13.5. The molecule has 4 heterocycles. The molecule has 2 fully saturated rings. The Balaban J connectivity index is 1.20. The fourth-order valence-electron chi connectivity index (χ4n) is 5.46. The van der Waals surface area contributed by atoms with E-state index in [1.54, 1.807) is 18.2 Å². The summed E-state index contributed by atoms with van der Waals surface area (Å²) >= 11 is 0. The van der Waals surface area contributed by atoms with E-state index in [-0.39, 0.29) is 18.0 Å². The summed E-state index contributed by atoms with van der Waals surface area (Å²) in [6, 6.07) is 8.92. The molecule has 1 saturated carbocycles. The molecule has 0 bridgehead atoms. The lowest BCUT2D eigenvalue weighted by molar-refractivity contribution is 0.0360. The predicted octanol–water partition coefficient (Wildman–Crippen LogP) is 4.37. The molecule has 0 amide bonds. The molecule has 200 valence electrons. The number of pyridine rings is 1. The number of aromatic nitrogens is 5.